The van der Waals surface area contributed by atoms with Crippen molar-refractivity contribution in [1.82, 2.24) is 5.43 Å². The molecule has 0 saturated heterocycles. The fraction of sp³-hybridized carbons (Fsp3) is 0.211. The van der Waals surface area contributed by atoms with Crippen molar-refractivity contribution in [3.63, 3.8) is 0 Å². The quantitative estimate of drug-likeness (QED) is 0.453. The van der Waals surface area contributed by atoms with E-state index in [9.17, 15) is 9.59 Å². The van der Waals surface area contributed by atoms with E-state index in [1.807, 2.05) is 0 Å². The van der Waals surface area contributed by atoms with Crippen LogP contribution in [0.2, 0.25) is 5.02 Å². The maximum atomic E-state index is 11.9. The monoisotopic (exact) mass is 467 g/mol. The molecule has 0 heterocycles. The molecule has 0 aliphatic rings. The zero-order valence-electron chi connectivity index (χ0n) is 15.3. The van der Waals surface area contributed by atoms with Crippen LogP contribution in [0, 0.1) is 0 Å². The third-order valence-corrected chi connectivity index (χ3v) is 4.37. The van der Waals surface area contributed by atoms with E-state index >= 15 is 0 Å². The van der Waals surface area contributed by atoms with Gasteiger partial charge < -0.3 is 14.8 Å². The van der Waals surface area contributed by atoms with Crippen molar-refractivity contribution in [3.8, 4) is 11.5 Å². The molecule has 28 heavy (non-hydrogen) atoms. The Labute approximate surface area is 176 Å². The minimum Gasteiger partial charge on any atom is -0.493 e. The smallest absolute Gasteiger partial charge is 0.240 e. The van der Waals surface area contributed by atoms with Gasteiger partial charge in [0.15, 0.2) is 11.5 Å². The number of amides is 2. The molecule has 0 fully saturated rings. The first kappa shape index (κ1) is 21.7. The Kier molecular flexibility index (Phi) is 8.28. The van der Waals surface area contributed by atoms with Crippen molar-refractivity contribution in [1.29, 1.82) is 0 Å². The van der Waals surface area contributed by atoms with E-state index in [0.29, 0.717) is 32.2 Å². The lowest BCUT2D eigenvalue weighted by Gasteiger charge is -2.10. The van der Waals surface area contributed by atoms with Crippen LogP contribution in [0.5, 0.6) is 11.5 Å². The van der Waals surface area contributed by atoms with Crippen molar-refractivity contribution in [3.05, 3.63) is 51.5 Å². The summed E-state index contributed by atoms with van der Waals surface area (Å²) in [5.74, 6) is 0.430. The summed E-state index contributed by atoms with van der Waals surface area (Å²) < 4.78 is 11.2. The first-order chi connectivity index (χ1) is 13.4. The van der Waals surface area contributed by atoms with E-state index in [1.54, 1.807) is 43.5 Å². The van der Waals surface area contributed by atoms with Gasteiger partial charge in [-0.1, -0.05) is 17.7 Å². The third-order valence-electron chi connectivity index (χ3n) is 3.55. The average molecular weight is 469 g/mol. The van der Waals surface area contributed by atoms with Gasteiger partial charge in [-0.2, -0.15) is 5.10 Å². The fourth-order valence-electron chi connectivity index (χ4n) is 2.26. The zero-order chi connectivity index (χ0) is 20.5. The molecule has 2 rings (SSSR count). The number of rotatable bonds is 8. The summed E-state index contributed by atoms with van der Waals surface area (Å²) in [6.07, 6.45) is 1.49. The van der Waals surface area contributed by atoms with Gasteiger partial charge in [0.1, 0.15) is 0 Å². The van der Waals surface area contributed by atoms with Crippen molar-refractivity contribution >= 4 is 51.2 Å². The van der Waals surface area contributed by atoms with Gasteiger partial charge in [0.05, 0.1) is 24.9 Å². The molecule has 148 valence electrons. The van der Waals surface area contributed by atoms with Crippen LogP contribution < -0.4 is 20.2 Å². The number of hydrogen-bond acceptors (Lipinski definition) is 5. The van der Waals surface area contributed by atoms with E-state index in [2.05, 4.69) is 31.8 Å². The number of hydrazone groups is 1. The van der Waals surface area contributed by atoms with Crippen molar-refractivity contribution < 1.29 is 19.1 Å². The van der Waals surface area contributed by atoms with Gasteiger partial charge in [0.2, 0.25) is 11.8 Å². The summed E-state index contributed by atoms with van der Waals surface area (Å²) >= 11 is 9.25. The minimum atomic E-state index is -0.378. The molecular formula is C19H19BrClN3O4. The Morgan fingerprint density at radius 3 is 2.57 bits per heavy atom. The lowest BCUT2D eigenvalue weighted by molar-refractivity contribution is -0.124. The van der Waals surface area contributed by atoms with Gasteiger partial charge in [0, 0.05) is 23.6 Å². The van der Waals surface area contributed by atoms with Gasteiger partial charge in [-0.3, -0.25) is 9.59 Å². The SMILES string of the molecule is COc1cc(/C=N/NC(=O)CCC(=O)Nc2cccc(Cl)c2)cc(Br)c1OC. The van der Waals surface area contributed by atoms with Gasteiger partial charge in [-0.05, 0) is 51.8 Å². The van der Waals surface area contributed by atoms with Gasteiger partial charge in [0.25, 0.3) is 0 Å². The molecule has 2 N–H and O–H groups in total. The number of ether oxygens (including phenoxy) is 2. The Morgan fingerprint density at radius 1 is 1.14 bits per heavy atom. The van der Waals surface area contributed by atoms with Crippen LogP contribution in [0.4, 0.5) is 5.69 Å². The molecule has 0 radical (unpaired) electrons. The van der Waals surface area contributed by atoms with E-state index < -0.39 is 0 Å². The first-order valence-electron chi connectivity index (χ1n) is 8.21. The molecule has 0 aliphatic carbocycles. The normalized spacial score (nSPS) is 10.6. The summed E-state index contributed by atoms with van der Waals surface area (Å²) in [7, 11) is 3.07. The van der Waals surface area contributed by atoms with Crippen molar-refractivity contribution in [2.75, 3.05) is 19.5 Å². The predicted octanol–water partition coefficient (Wildman–Crippen LogP) is 3.99. The second kappa shape index (κ2) is 10.7. The molecule has 2 amide bonds. The van der Waals surface area contributed by atoms with Crippen molar-refractivity contribution in [2.45, 2.75) is 12.8 Å². The number of carbonyl (C=O) groups is 2. The standard InChI is InChI=1S/C19H19BrClN3O4/c1-27-16-9-12(8-15(20)19(16)28-2)11-22-24-18(26)7-6-17(25)23-14-5-3-4-13(21)10-14/h3-5,8-11H,6-7H2,1-2H3,(H,23,25)(H,24,26)/b22-11+. The Morgan fingerprint density at radius 2 is 1.89 bits per heavy atom. The van der Waals surface area contributed by atoms with E-state index in [1.165, 1.54) is 13.3 Å². The third kappa shape index (κ3) is 6.54. The topological polar surface area (TPSA) is 89.0 Å². The lowest BCUT2D eigenvalue weighted by atomic mass is 10.2. The number of nitrogens with one attached hydrogen (secondary N) is 2. The second-order valence-electron chi connectivity index (χ2n) is 5.59. The predicted molar refractivity (Wildman–Crippen MR) is 112 cm³/mol. The number of benzene rings is 2. The minimum absolute atomic E-state index is 0.000628. The van der Waals surface area contributed by atoms with Gasteiger partial charge in [-0.15, -0.1) is 0 Å². The van der Waals surface area contributed by atoms with E-state index in [4.69, 9.17) is 21.1 Å². The molecule has 0 aliphatic heterocycles. The maximum Gasteiger partial charge on any atom is 0.240 e. The summed E-state index contributed by atoms with van der Waals surface area (Å²) in [4.78, 5) is 23.7. The number of halogens is 2. The van der Waals surface area contributed by atoms with Crippen LogP contribution in [0.3, 0.4) is 0 Å². The number of nitrogens with zero attached hydrogens (tertiary/aromatic N) is 1. The molecule has 7 nitrogen and oxygen atoms in total. The number of carbonyl (C=O) groups excluding carboxylic acids is 2. The molecule has 0 atom stereocenters. The fourth-order valence-corrected chi connectivity index (χ4v) is 3.08. The maximum absolute atomic E-state index is 11.9. The lowest BCUT2D eigenvalue weighted by Crippen LogP contribution is -2.20. The molecule has 0 aromatic heterocycles. The van der Waals surface area contributed by atoms with Crippen LogP contribution in [0.1, 0.15) is 18.4 Å². The molecule has 9 heteroatoms. The molecular weight excluding hydrogens is 450 g/mol. The van der Waals surface area contributed by atoms with E-state index in [-0.39, 0.29) is 24.7 Å². The molecule has 0 saturated carbocycles. The Hall–Kier alpha value is -2.58. The highest BCUT2D eigenvalue weighted by atomic mass is 79.9. The largest absolute Gasteiger partial charge is 0.493 e. The van der Waals surface area contributed by atoms with E-state index in [0.717, 1.165) is 0 Å². The van der Waals surface area contributed by atoms with Crippen LogP contribution in [-0.2, 0) is 9.59 Å². The highest BCUT2D eigenvalue weighted by Gasteiger charge is 2.10. The molecule has 0 spiro atoms. The Bertz CT molecular complexity index is 889. The number of anilines is 1. The van der Waals surface area contributed by atoms with Crippen LogP contribution in [-0.4, -0.2) is 32.2 Å². The zero-order valence-corrected chi connectivity index (χ0v) is 17.6. The molecule has 2 aromatic rings. The summed E-state index contributed by atoms with van der Waals surface area (Å²) in [6, 6.07) is 10.3. The van der Waals surface area contributed by atoms with Gasteiger partial charge in [-0.25, -0.2) is 5.43 Å². The second-order valence-corrected chi connectivity index (χ2v) is 6.88. The van der Waals surface area contributed by atoms with Crippen LogP contribution in [0.25, 0.3) is 0 Å². The average Bonchev–Trinajstić information content (AvgIpc) is 2.66. The van der Waals surface area contributed by atoms with Crippen LogP contribution >= 0.6 is 27.5 Å². The highest BCUT2D eigenvalue weighted by Crippen LogP contribution is 2.35. The summed E-state index contributed by atoms with van der Waals surface area (Å²) in [5.41, 5.74) is 3.66. The number of hydrogen-bond donors (Lipinski definition) is 2. The molecule has 0 unspecified atom stereocenters. The molecule has 2 aromatic carbocycles. The van der Waals surface area contributed by atoms with Crippen molar-refractivity contribution in [2.24, 2.45) is 5.10 Å². The summed E-state index contributed by atoms with van der Waals surface area (Å²) in [5, 5.41) is 7.09. The highest BCUT2D eigenvalue weighted by molar-refractivity contribution is 9.10. The van der Waals surface area contributed by atoms with Gasteiger partial charge >= 0.3 is 0 Å². The number of methoxy groups -OCH3 is 2. The van der Waals surface area contributed by atoms with Crippen LogP contribution in [0.15, 0.2) is 46.0 Å². The first-order valence-corrected chi connectivity index (χ1v) is 9.39. The summed E-state index contributed by atoms with van der Waals surface area (Å²) in [6.45, 7) is 0. The Balaban J connectivity index is 1.83. The molecule has 0 bridgehead atoms.